The maximum atomic E-state index is 11.8. The summed E-state index contributed by atoms with van der Waals surface area (Å²) in [5.41, 5.74) is -0.0247. The van der Waals surface area contributed by atoms with Gasteiger partial charge in [-0.3, -0.25) is 5.32 Å². The molecule has 0 saturated carbocycles. The lowest BCUT2D eigenvalue weighted by molar-refractivity contribution is 0.0898. The molecule has 2 saturated heterocycles. The van der Waals surface area contributed by atoms with Gasteiger partial charge in [-0.1, -0.05) is 6.42 Å². The second-order valence-electron chi connectivity index (χ2n) is 5.55. The van der Waals surface area contributed by atoms with E-state index < -0.39 is 9.84 Å². The van der Waals surface area contributed by atoms with Crippen molar-refractivity contribution in [2.24, 2.45) is 0 Å². The van der Waals surface area contributed by atoms with Crippen molar-refractivity contribution < 1.29 is 13.2 Å². The SMILES string of the molecule is CC1(C)COC(CC2CCCCS2(=O)=O)N1. The molecule has 0 spiro atoms. The molecule has 0 aromatic carbocycles. The van der Waals surface area contributed by atoms with E-state index in [2.05, 4.69) is 19.2 Å². The molecule has 0 amide bonds. The van der Waals surface area contributed by atoms with E-state index in [1.807, 2.05) is 0 Å². The Bertz CT molecular complexity index is 350. The Balaban J connectivity index is 1.95. The van der Waals surface area contributed by atoms with Crippen molar-refractivity contribution in [1.29, 1.82) is 0 Å². The highest BCUT2D eigenvalue weighted by atomic mass is 32.2. The van der Waals surface area contributed by atoms with Crippen LogP contribution in [0.2, 0.25) is 0 Å². The van der Waals surface area contributed by atoms with Crippen LogP contribution in [-0.4, -0.2) is 37.8 Å². The molecule has 0 aromatic heterocycles. The van der Waals surface area contributed by atoms with Crippen LogP contribution in [0.25, 0.3) is 0 Å². The van der Waals surface area contributed by atoms with E-state index in [0.29, 0.717) is 18.8 Å². The zero-order chi connectivity index (χ0) is 11.8. The van der Waals surface area contributed by atoms with E-state index >= 15 is 0 Å². The van der Waals surface area contributed by atoms with Crippen molar-refractivity contribution in [3.8, 4) is 0 Å². The summed E-state index contributed by atoms with van der Waals surface area (Å²) < 4.78 is 29.3. The second kappa shape index (κ2) is 4.27. The molecule has 2 unspecified atom stereocenters. The molecule has 2 rings (SSSR count). The third kappa shape index (κ3) is 2.76. The number of sulfone groups is 1. The van der Waals surface area contributed by atoms with Crippen LogP contribution in [0.15, 0.2) is 0 Å². The highest BCUT2D eigenvalue weighted by Gasteiger charge is 2.36. The molecule has 0 aromatic rings. The molecule has 0 radical (unpaired) electrons. The summed E-state index contributed by atoms with van der Waals surface area (Å²) in [6, 6.07) is 0. The van der Waals surface area contributed by atoms with Gasteiger partial charge in [0.05, 0.1) is 17.6 Å². The number of hydrogen-bond acceptors (Lipinski definition) is 4. The molecule has 94 valence electrons. The van der Waals surface area contributed by atoms with E-state index in [-0.39, 0.29) is 17.0 Å². The van der Waals surface area contributed by atoms with Gasteiger partial charge >= 0.3 is 0 Å². The molecular formula is C11H21NO3S. The van der Waals surface area contributed by atoms with Crippen molar-refractivity contribution in [1.82, 2.24) is 5.32 Å². The predicted octanol–water partition coefficient (Wildman–Crippen LogP) is 1.07. The zero-order valence-electron chi connectivity index (χ0n) is 10.0. The van der Waals surface area contributed by atoms with Crippen molar-refractivity contribution in [2.45, 2.75) is 56.5 Å². The number of rotatable bonds is 2. The molecular weight excluding hydrogens is 226 g/mol. The van der Waals surface area contributed by atoms with Crippen LogP contribution in [0.5, 0.6) is 0 Å². The van der Waals surface area contributed by atoms with E-state index in [1.165, 1.54) is 0 Å². The lowest BCUT2D eigenvalue weighted by atomic mass is 10.1. The molecule has 2 fully saturated rings. The van der Waals surface area contributed by atoms with Crippen molar-refractivity contribution >= 4 is 9.84 Å². The predicted molar refractivity (Wildman–Crippen MR) is 63.0 cm³/mol. The number of ether oxygens (including phenoxy) is 1. The Labute approximate surface area is 97.7 Å². The first-order valence-electron chi connectivity index (χ1n) is 6.00. The molecule has 2 heterocycles. The fourth-order valence-electron chi connectivity index (χ4n) is 2.48. The fourth-order valence-corrected chi connectivity index (χ4v) is 4.41. The van der Waals surface area contributed by atoms with Crippen LogP contribution in [0, 0.1) is 0 Å². The van der Waals surface area contributed by atoms with E-state index in [1.54, 1.807) is 0 Å². The normalized spacial score (nSPS) is 37.4. The molecule has 5 heteroatoms. The Hall–Kier alpha value is -0.130. The Morgan fingerprint density at radius 2 is 2.12 bits per heavy atom. The van der Waals surface area contributed by atoms with Gasteiger partial charge in [-0.2, -0.15) is 0 Å². The number of nitrogens with one attached hydrogen (secondary N) is 1. The lowest BCUT2D eigenvalue weighted by Gasteiger charge is -2.25. The maximum Gasteiger partial charge on any atom is 0.153 e. The van der Waals surface area contributed by atoms with Crippen LogP contribution in [0.4, 0.5) is 0 Å². The average Bonchev–Trinajstić information content (AvgIpc) is 2.49. The Morgan fingerprint density at radius 3 is 2.69 bits per heavy atom. The summed E-state index contributed by atoms with van der Waals surface area (Å²) in [6.45, 7) is 4.80. The fraction of sp³-hybridized carbons (Fsp3) is 1.00. The molecule has 0 bridgehead atoms. The summed E-state index contributed by atoms with van der Waals surface area (Å²) in [7, 11) is -2.87. The van der Waals surface area contributed by atoms with Gasteiger partial charge in [-0.25, -0.2) is 8.42 Å². The topological polar surface area (TPSA) is 55.4 Å². The average molecular weight is 247 g/mol. The van der Waals surface area contributed by atoms with E-state index in [9.17, 15) is 8.42 Å². The van der Waals surface area contributed by atoms with Gasteiger partial charge in [0.2, 0.25) is 0 Å². The van der Waals surface area contributed by atoms with E-state index in [4.69, 9.17) is 4.74 Å². The Morgan fingerprint density at radius 1 is 1.38 bits per heavy atom. The van der Waals surface area contributed by atoms with Gasteiger partial charge in [0, 0.05) is 12.0 Å². The van der Waals surface area contributed by atoms with Crippen LogP contribution < -0.4 is 5.32 Å². The van der Waals surface area contributed by atoms with Crippen LogP contribution in [-0.2, 0) is 14.6 Å². The minimum Gasteiger partial charge on any atom is -0.361 e. The highest BCUT2D eigenvalue weighted by molar-refractivity contribution is 7.92. The van der Waals surface area contributed by atoms with Crippen molar-refractivity contribution in [2.75, 3.05) is 12.4 Å². The van der Waals surface area contributed by atoms with Crippen molar-refractivity contribution in [3.63, 3.8) is 0 Å². The van der Waals surface area contributed by atoms with Crippen molar-refractivity contribution in [3.05, 3.63) is 0 Å². The first-order valence-corrected chi connectivity index (χ1v) is 7.71. The first kappa shape index (κ1) is 12.3. The first-order chi connectivity index (χ1) is 7.39. The molecule has 2 aliphatic rings. The minimum atomic E-state index is -2.87. The summed E-state index contributed by atoms with van der Waals surface area (Å²) in [6.07, 6.45) is 3.16. The van der Waals surface area contributed by atoms with E-state index in [0.717, 1.165) is 19.3 Å². The zero-order valence-corrected chi connectivity index (χ0v) is 10.8. The summed E-state index contributed by atoms with van der Waals surface area (Å²) >= 11 is 0. The minimum absolute atomic E-state index is 0.0247. The van der Waals surface area contributed by atoms with Gasteiger partial charge in [-0.15, -0.1) is 0 Å². The quantitative estimate of drug-likeness (QED) is 0.793. The largest absolute Gasteiger partial charge is 0.361 e. The Kier molecular flexibility index (Phi) is 3.29. The standard InChI is InChI=1S/C11H21NO3S/c1-11(2)8-15-10(12-11)7-9-5-3-4-6-16(9,13)14/h9-10,12H,3-8H2,1-2H3. The van der Waals surface area contributed by atoms with Gasteiger partial charge in [0.1, 0.15) is 6.23 Å². The number of hydrogen-bond donors (Lipinski definition) is 1. The molecule has 2 atom stereocenters. The van der Waals surface area contributed by atoms with Crippen LogP contribution >= 0.6 is 0 Å². The van der Waals surface area contributed by atoms with Crippen LogP contribution in [0.3, 0.4) is 0 Å². The molecule has 1 N–H and O–H groups in total. The third-order valence-electron chi connectivity index (χ3n) is 3.39. The monoisotopic (exact) mass is 247 g/mol. The molecule has 4 nitrogen and oxygen atoms in total. The van der Waals surface area contributed by atoms with Gasteiger partial charge in [0.15, 0.2) is 9.84 Å². The second-order valence-corrected chi connectivity index (χ2v) is 7.95. The van der Waals surface area contributed by atoms with Crippen LogP contribution in [0.1, 0.15) is 39.5 Å². The van der Waals surface area contributed by atoms with Gasteiger partial charge in [-0.05, 0) is 26.7 Å². The highest BCUT2D eigenvalue weighted by Crippen LogP contribution is 2.26. The smallest absolute Gasteiger partial charge is 0.153 e. The summed E-state index contributed by atoms with van der Waals surface area (Å²) in [4.78, 5) is 0. The third-order valence-corrected chi connectivity index (χ3v) is 5.69. The molecule has 0 aliphatic carbocycles. The molecule has 2 aliphatic heterocycles. The summed E-state index contributed by atoms with van der Waals surface area (Å²) in [5.74, 6) is 0.355. The van der Waals surface area contributed by atoms with Gasteiger partial charge in [0.25, 0.3) is 0 Å². The summed E-state index contributed by atoms with van der Waals surface area (Å²) in [5, 5.41) is 3.13. The maximum absolute atomic E-state index is 11.8. The van der Waals surface area contributed by atoms with Gasteiger partial charge < -0.3 is 4.74 Å². The molecule has 16 heavy (non-hydrogen) atoms. The lowest BCUT2D eigenvalue weighted by Crippen LogP contribution is -2.42.